The van der Waals surface area contributed by atoms with E-state index in [0.29, 0.717) is 17.5 Å². The highest BCUT2D eigenvalue weighted by Gasteiger charge is 2.19. The highest BCUT2D eigenvalue weighted by Crippen LogP contribution is 2.40. The number of rotatable bonds is 4. The Bertz CT molecular complexity index is 2740. The monoisotopic (exact) mass is 622 g/mol. The average Bonchev–Trinajstić information content (AvgIpc) is 3.83. The van der Waals surface area contributed by atoms with Crippen molar-refractivity contribution in [3.05, 3.63) is 133 Å². The second kappa shape index (κ2) is 10.2. The number of para-hydroxylation sites is 2. The summed E-state index contributed by atoms with van der Waals surface area (Å²) in [5.41, 5.74) is 7.95. The van der Waals surface area contributed by atoms with Gasteiger partial charge in [-0.3, -0.25) is 0 Å². The molecule has 0 fully saturated rings. The standard InChI is InChI=1S/C40H22N4O2S/c1-3-10-23(11-4-1)37-42-38(24-12-5-2-6-13-24)44-39(43-37)28-16-9-15-27-30-21-31-35(22-34(30)46-36(27)28)47-40(41-31)25-18-19-33-29(20-25)26-14-7-8-17-32(26)45-33/h1-22H. The average molecular weight is 623 g/mol. The molecular weight excluding hydrogens is 601 g/mol. The summed E-state index contributed by atoms with van der Waals surface area (Å²) < 4.78 is 13.7. The first-order valence-electron chi connectivity index (χ1n) is 15.3. The summed E-state index contributed by atoms with van der Waals surface area (Å²) in [5, 5.41) is 5.15. The zero-order valence-corrected chi connectivity index (χ0v) is 25.5. The van der Waals surface area contributed by atoms with E-state index < -0.39 is 0 Å². The van der Waals surface area contributed by atoms with Crippen LogP contribution in [-0.4, -0.2) is 19.9 Å². The fraction of sp³-hybridized carbons (Fsp3) is 0. The molecule has 0 radical (unpaired) electrons. The number of nitrogens with zero attached hydrogens (tertiary/aromatic N) is 4. The summed E-state index contributed by atoms with van der Waals surface area (Å²) in [4.78, 5) is 19.8. The van der Waals surface area contributed by atoms with Crippen LogP contribution in [-0.2, 0) is 0 Å². The Labute approximate surface area is 271 Å². The number of benzene rings is 6. The third kappa shape index (κ3) is 4.25. The quantitative estimate of drug-likeness (QED) is 0.194. The van der Waals surface area contributed by atoms with Crippen molar-refractivity contribution < 1.29 is 8.83 Å². The molecule has 6 nitrogen and oxygen atoms in total. The highest BCUT2D eigenvalue weighted by molar-refractivity contribution is 7.21. The van der Waals surface area contributed by atoms with Crippen molar-refractivity contribution in [1.29, 1.82) is 0 Å². The fourth-order valence-electron chi connectivity index (χ4n) is 6.31. The lowest BCUT2D eigenvalue weighted by Crippen LogP contribution is -2.00. The maximum Gasteiger partial charge on any atom is 0.167 e. The maximum atomic E-state index is 6.61. The van der Waals surface area contributed by atoms with Gasteiger partial charge in [-0.25, -0.2) is 19.9 Å². The largest absolute Gasteiger partial charge is 0.456 e. The van der Waals surface area contributed by atoms with Gasteiger partial charge in [-0.1, -0.05) is 91.0 Å². The van der Waals surface area contributed by atoms with E-state index in [-0.39, 0.29) is 0 Å². The van der Waals surface area contributed by atoms with E-state index in [1.54, 1.807) is 11.3 Å². The molecule has 6 aromatic carbocycles. The minimum Gasteiger partial charge on any atom is -0.456 e. The molecule has 0 bridgehead atoms. The van der Waals surface area contributed by atoms with Gasteiger partial charge in [-0.05, 0) is 36.4 Å². The van der Waals surface area contributed by atoms with Crippen LogP contribution < -0.4 is 0 Å². The van der Waals surface area contributed by atoms with Gasteiger partial charge in [-0.15, -0.1) is 11.3 Å². The molecule has 10 rings (SSSR count). The van der Waals surface area contributed by atoms with Crippen LogP contribution in [0.2, 0.25) is 0 Å². The number of hydrogen-bond acceptors (Lipinski definition) is 7. The van der Waals surface area contributed by atoms with Crippen molar-refractivity contribution in [2.45, 2.75) is 0 Å². The van der Waals surface area contributed by atoms with Gasteiger partial charge in [-0.2, -0.15) is 0 Å². The summed E-state index contributed by atoms with van der Waals surface area (Å²) in [6.07, 6.45) is 0. The molecule has 220 valence electrons. The fourth-order valence-corrected chi connectivity index (χ4v) is 7.28. The summed E-state index contributed by atoms with van der Waals surface area (Å²) in [7, 11) is 0. The van der Waals surface area contributed by atoms with Crippen molar-refractivity contribution in [2.24, 2.45) is 0 Å². The zero-order chi connectivity index (χ0) is 30.9. The number of thiazole rings is 1. The van der Waals surface area contributed by atoms with Gasteiger partial charge in [0.1, 0.15) is 27.3 Å². The van der Waals surface area contributed by atoms with Gasteiger partial charge in [0.2, 0.25) is 0 Å². The summed E-state index contributed by atoms with van der Waals surface area (Å²) in [6, 6.07) is 44.8. The Hall–Kier alpha value is -6.18. The van der Waals surface area contributed by atoms with Crippen molar-refractivity contribution in [1.82, 2.24) is 19.9 Å². The number of furan rings is 2. The zero-order valence-electron chi connectivity index (χ0n) is 24.7. The summed E-state index contributed by atoms with van der Waals surface area (Å²) >= 11 is 1.66. The molecule has 0 aliphatic heterocycles. The van der Waals surface area contributed by atoms with E-state index in [1.165, 1.54) is 0 Å². The summed E-state index contributed by atoms with van der Waals surface area (Å²) in [6.45, 7) is 0. The Morgan fingerprint density at radius 1 is 0.426 bits per heavy atom. The smallest absolute Gasteiger partial charge is 0.167 e. The van der Waals surface area contributed by atoms with Crippen LogP contribution in [0.5, 0.6) is 0 Å². The Morgan fingerprint density at radius 3 is 1.87 bits per heavy atom. The van der Waals surface area contributed by atoms with E-state index >= 15 is 0 Å². The van der Waals surface area contributed by atoms with Crippen LogP contribution in [0.4, 0.5) is 0 Å². The van der Waals surface area contributed by atoms with Crippen molar-refractivity contribution in [3.8, 4) is 44.7 Å². The molecule has 0 unspecified atom stereocenters. The topological polar surface area (TPSA) is 77.8 Å². The lowest BCUT2D eigenvalue weighted by molar-refractivity contribution is 0.669. The molecule has 10 aromatic rings. The van der Waals surface area contributed by atoms with Crippen LogP contribution >= 0.6 is 11.3 Å². The molecule has 0 amide bonds. The predicted molar refractivity (Wildman–Crippen MR) is 189 cm³/mol. The van der Waals surface area contributed by atoms with Crippen LogP contribution in [0.1, 0.15) is 0 Å². The molecule has 0 N–H and O–H groups in total. The minimum atomic E-state index is 0.562. The molecule has 4 aromatic heterocycles. The van der Waals surface area contributed by atoms with E-state index in [9.17, 15) is 0 Å². The van der Waals surface area contributed by atoms with Gasteiger partial charge in [0.15, 0.2) is 17.5 Å². The van der Waals surface area contributed by atoms with Gasteiger partial charge in [0.05, 0.1) is 15.8 Å². The second-order valence-electron chi connectivity index (χ2n) is 11.5. The molecule has 0 aliphatic rings. The maximum absolute atomic E-state index is 6.61. The van der Waals surface area contributed by atoms with Gasteiger partial charge < -0.3 is 8.83 Å². The second-order valence-corrected chi connectivity index (χ2v) is 12.5. The molecule has 0 spiro atoms. The highest BCUT2D eigenvalue weighted by atomic mass is 32.1. The SMILES string of the molecule is c1ccc(-c2nc(-c3ccccc3)nc(-c3cccc4c3oc3cc5sc(-c6ccc7oc8ccccc8c7c6)nc5cc34)n2)cc1. The van der Waals surface area contributed by atoms with E-state index in [1.807, 2.05) is 97.1 Å². The van der Waals surface area contributed by atoms with E-state index in [2.05, 4.69) is 36.4 Å². The molecule has 47 heavy (non-hydrogen) atoms. The molecule has 0 aliphatic carbocycles. The van der Waals surface area contributed by atoms with Crippen molar-refractivity contribution >= 4 is 65.4 Å². The number of aromatic nitrogens is 4. The third-order valence-electron chi connectivity index (χ3n) is 8.57. The first-order valence-corrected chi connectivity index (χ1v) is 16.1. The first kappa shape index (κ1) is 26.1. The summed E-state index contributed by atoms with van der Waals surface area (Å²) in [5.74, 6) is 1.79. The Kier molecular flexibility index (Phi) is 5.64. The molecule has 0 saturated heterocycles. The lowest BCUT2D eigenvalue weighted by Gasteiger charge is -2.08. The van der Waals surface area contributed by atoms with Gasteiger partial charge in [0.25, 0.3) is 0 Å². The van der Waals surface area contributed by atoms with Crippen LogP contribution in [0.25, 0.3) is 98.8 Å². The molecule has 0 atom stereocenters. The van der Waals surface area contributed by atoms with Crippen molar-refractivity contribution in [3.63, 3.8) is 0 Å². The van der Waals surface area contributed by atoms with Gasteiger partial charge >= 0.3 is 0 Å². The van der Waals surface area contributed by atoms with E-state index in [0.717, 1.165) is 81.4 Å². The third-order valence-corrected chi connectivity index (χ3v) is 9.64. The lowest BCUT2D eigenvalue weighted by atomic mass is 10.1. The number of fused-ring (bicyclic) bond motifs is 7. The predicted octanol–water partition coefficient (Wildman–Crippen LogP) is 10.9. The van der Waals surface area contributed by atoms with Crippen LogP contribution in [0, 0.1) is 0 Å². The molecular formula is C40H22N4O2S. The molecule has 7 heteroatoms. The minimum absolute atomic E-state index is 0.562. The normalized spacial score (nSPS) is 11.8. The van der Waals surface area contributed by atoms with Crippen LogP contribution in [0.3, 0.4) is 0 Å². The number of hydrogen-bond donors (Lipinski definition) is 0. The van der Waals surface area contributed by atoms with Crippen LogP contribution in [0.15, 0.2) is 142 Å². The molecule has 0 saturated carbocycles. The Morgan fingerprint density at radius 2 is 1.09 bits per heavy atom. The van der Waals surface area contributed by atoms with Gasteiger partial charge in [0, 0.05) is 44.3 Å². The molecule has 4 heterocycles. The van der Waals surface area contributed by atoms with Crippen molar-refractivity contribution in [2.75, 3.05) is 0 Å². The Balaban J connectivity index is 1.11. The van der Waals surface area contributed by atoms with E-state index in [4.69, 9.17) is 28.8 Å². The first-order chi connectivity index (χ1) is 23.2.